The zero-order valence-corrected chi connectivity index (χ0v) is 13.6. The summed E-state index contributed by atoms with van der Waals surface area (Å²) in [4.78, 5) is 2.64. The maximum atomic E-state index is 3.67. The fourth-order valence-corrected chi connectivity index (χ4v) is 3.81. The van der Waals surface area contributed by atoms with Gasteiger partial charge < -0.3 is 5.32 Å². The van der Waals surface area contributed by atoms with E-state index < -0.39 is 0 Å². The molecular weight excluding hydrogens is 324 g/mol. The van der Waals surface area contributed by atoms with Crippen molar-refractivity contribution in [1.29, 1.82) is 0 Å². The number of nitrogens with zero attached hydrogens (tertiary/aromatic N) is 1. The molecule has 0 spiro atoms. The predicted molar refractivity (Wildman–Crippen MR) is 86.0 cm³/mol. The van der Waals surface area contributed by atoms with Gasteiger partial charge in [0.1, 0.15) is 0 Å². The molecule has 0 atom stereocenters. The maximum Gasteiger partial charge on any atom is 0.0237 e. The molecule has 0 bridgehead atoms. The minimum atomic E-state index is 0. The molecule has 2 aliphatic rings. The molecule has 1 aromatic carbocycles. The number of rotatable bonds is 2. The largest absolute Gasteiger partial charge is 0.317 e. The molecular formula is C15H22BrClN2. The lowest BCUT2D eigenvalue weighted by Crippen LogP contribution is -2.38. The lowest BCUT2D eigenvalue weighted by molar-refractivity contribution is 0.191. The van der Waals surface area contributed by atoms with Crippen LogP contribution in [0, 0.1) is 5.92 Å². The first-order chi connectivity index (χ1) is 8.83. The van der Waals surface area contributed by atoms with E-state index >= 15 is 0 Å². The van der Waals surface area contributed by atoms with Gasteiger partial charge in [-0.25, -0.2) is 0 Å². The Bertz CT molecular complexity index is 419. The molecule has 1 aromatic rings. The fourth-order valence-electron chi connectivity index (χ4n) is 3.21. The Morgan fingerprint density at radius 1 is 1.26 bits per heavy atom. The summed E-state index contributed by atoms with van der Waals surface area (Å²) in [6.45, 7) is 6.06. The second-order valence-electron chi connectivity index (χ2n) is 5.56. The summed E-state index contributed by atoms with van der Waals surface area (Å²) in [7, 11) is 0. The van der Waals surface area contributed by atoms with Gasteiger partial charge in [0.05, 0.1) is 0 Å². The van der Waals surface area contributed by atoms with E-state index in [0.29, 0.717) is 0 Å². The van der Waals surface area contributed by atoms with Crippen LogP contribution >= 0.6 is 28.3 Å². The highest BCUT2D eigenvalue weighted by Gasteiger charge is 2.21. The van der Waals surface area contributed by atoms with Gasteiger partial charge in [0.2, 0.25) is 0 Å². The quantitative estimate of drug-likeness (QED) is 0.885. The first kappa shape index (κ1) is 15.3. The van der Waals surface area contributed by atoms with Crippen LogP contribution in [0.5, 0.6) is 0 Å². The molecule has 1 saturated heterocycles. The van der Waals surface area contributed by atoms with Crippen molar-refractivity contribution in [3.05, 3.63) is 33.8 Å². The molecule has 1 fully saturated rings. The van der Waals surface area contributed by atoms with Gasteiger partial charge >= 0.3 is 0 Å². The number of nitrogens with one attached hydrogen (secondary N) is 1. The van der Waals surface area contributed by atoms with E-state index in [1.54, 1.807) is 0 Å². The highest BCUT2D eigenvalue weighted by atomic mass is 79.9. The molecule has 19 heavy (non-hydrogen) atoms. The van der Waals surface area contributed by atoms with Crippen molar-refractivity contribution in [2.24, 2.45) is 5.92 Å². The van der Waals surface area contributed by atoms with E-state index in [-0.39, 0.29) is 12.4 Å². The molecule has 4 heteroatoms. The van der Waals surface area contributed by atoms with Crippen LogP contribution in [0.15, 0.2) is 22.7 Å². The van der Waals surface area contributed by atoms with Crippen LogP contribution in [-0.2, 0) is 13.0 Å². The lowest BCUT2D eigenvalue weighted by atomic mass is 9.95. The van der Waals surface area contributed by atoms with Crippen molar-refractivity contribution >= 4 is 28.3 Å². The van der Waals surface area contributed by atoms with E-state index in [0.717, 1.165) is 12.5 Å². The Morgan fingerprint density at radius 3 is 2.84 bits per heavy atom. The Balaban J connectivity index is 0.00000133. The van der Waals surface area contributed by atoms with Gasteiger partial charge in [-0.3, -0.25) is 4.90 Å². The third-order valence-electron chi connectivity index (χ3n) is 4.26. The fraction of sp³-hybridized carbons (Fsp3) is 0.600. The monoisotopic (exact) mass is 344 g/mol. The van der Waals surface area contributed by atoms with Crippen LogP contribution < -0.4 is 5.32 Å². The van der Waals surface area contributed by atoms with Crippen molar-refractivity contribution in [3.63, 3.8) is 0 Å². The average Bonchev–Trinajstić information content (AvgIpc) is 2.40. The van der Waals surface area contributed by atoms with Crippen LogP contribution in [0.25, 0.3) is 0 Å². The molecule has 0 radical (unpaired) electrons. The number of piperidine rings is 1. The SMILES string of the molecule is Brc1cccc2c1CCN(CC1CCNCC1)C2.Cl. The number of hydrogen-bond donors (Lipinski definition) is 1. The molecule has 1 N–H and O–H groups in total. The minimum Gasteiger partial charge on any atom is -0.317 e. The Hall–Kier alpha value is -0.0900. The average molecular weight is 346 g/mol. The Morgan fingerprint density at radius 2 is 2.05 bits per heavy atom. The van der Waals surface area contributed by atoms with Crippen molar-refractivity contribution in [3.8, 4) is 0 Å². The summed E-state index contributed by atoms with van der Waals surface area (Å²) in [5, 5.41) is 3.45. The van der Waals surface area contributed by atoms with Gasteiger partial charge in [0.25, 0.3) is 0 Å². The van der Waals surface area contributed by atoms with Crippen LogP contribution in [-0.4, -0.2) is 31.1 Å². The number of halogens is 2. The van der Waals surface area contributed by atoms with E-state index in [9.17, 15) is 0 Å². The minimum absolute atomic E-state index is 0. The maximum absolute atomic E-state index is 3.67. The third kappa shape index (κ3) is 3.72. The van der Waals surface area contributed by atoms with E-state index in [4.69, 9.17) is 0 Å². The van der Waals surface area contributed by atoms with Crippen LogP contribution in [0.1, 0.15) is 24.0 Å². The highest BCUT2D eigenvalue weighted by molar-refractivity contribution is 9.10. The van der Waals surface area contributed by atoms with Crippen molar-refractivity contribution in [1.82, 2.24) is 10.2 Å². The van der Waals surface area contributed by atoms with E-state index in [1.807, 2.05) is 0 Å². The van der Waals surface area contributed by atoms with E-state index in [1.165, 1.54) is 61.0 Å². The molecule has 0 saturated carbocycles. The summed E-state index contributed by atoms with van der Waals surface area (Å²) in [6.07, 6.45) is 3.89. The lowest BCUT2D eigenvalue weighted by Gasteiger charge is -2.33. The normalized spacial score (nSPS) is 20.7. The molecule has 2 aliphatic heterocycles. The second-order valence-corrected chi connectivity index (χ2v) is 6.41. The van der Waals surface area contributed by atoms with Gasteiger partial charge in [0, 0.05) is 24.1 Å². The molecule has 0 aliphatic carbocycles. The number of hydrogen-bond acceptors (Lipinski definition) is 2. The Labute approximate surface area is 130 Å². The van der Waals surface area contributed by atoms with Gasteiger partial charge in [0.15, 0.2) is 0 Å². The predicted octanol–water partition coefficient (Wildman–Crippen LogP) is 3.23. The number of fused-ring (bicyclic) bond motifs is 1. The van der Waals surface area contributed by atoms with Crippen LogP contribution in [0.4, 0.5) is 0 Å². The molecule has 2 heterocycles. The molecule has 0 unspecified atom stereocenters. The highest BCUT2D eigenvalue weighted by Crippen LogP contribution is 2.27. The summed E-state index contributed by atoms with van der Waals surface area (Å²) < 4.78 is 1.29. The first-order valence-corrected chi connectivity index (χ1v) is 7.81. The summed E-state index contributed by atoms with van der Waals surface area (Å²) in [6, 6.07) is 6.62. The Kier molecular flexibility index (Phi) is 5.70. The van der Waals surface area contributed by atoms with E-state index in [2.05, 4.69) is 44.3 Å². The molecule has 2 nitrogen and oxygen atoms in total. The van der Waals surface area contributed by atoms with Crippen molar-refractivity contribution < 1.29 is 0 Å². The summed E-state index contributed by atoms with van der Waals surface area (Å²) >= 11 is 3.67. The molecule has 0 amide bonds. The van der Waals surface area contributed by atoms with Crippen LogP contribution in [0.3, 0.4) is 0 Å². The summed E-state index contributed by atoms with van der Waals surface area (Å²) in [5.41, 5.74) is 3.05. The number of benzene rings is 1. The second kappa shape index (κ2) is 7.07. The smallest absolute Gasteiger partial charge is 0.0237 e. The molecule has 0 aromatic heterocycles. The van der Waals surface area contributed by atoms with Gasteiger partial charge in [-0.05, 0) is 55.5 Å². The van der Waals surface area contributed by atoms with Gasteiger partial charge in [-0.15, -0.1) is 12.4 Å². The topological polar surface area (TPSA) is 15.3 Å². The zero-order valence-electron chi connectivity index (χ0n) is 11.2. The summed E-state index contributed by atoms with van der Waals surface area (Å²) in [5.74, 6) is 0.903. The van der Waals surface area contributed by atoms with Crippen molar-refractivity contribution in [2.75, 3.05) is 26.2 Å². The zero-order chi connectivity index (χ0) is 12.4. The third-order valence-corrected chi connectivity index (χ3v) is 5.01. The van der Waals surface area contributed by atoms with Crippen molar-refractivity contribution in [2.45, 2.75) is 25.8 Å². The van der Waals surface area contributed by atoms with Gasteiger partial charge in [-0.2, -0.15) is 0 Å². The standard InChI is InChI=1S/C15H21BrN2.ClH/c16-15-3-1-2-13-11-18(9-6-14(13)15)10-12-4-7-17-8-5-12;/h1-3,12,17H,4-11H2;1H. The van der Waals surface area contributed by atoms with Gasteiger partial charge in [-0.1, -0.05) is 28.1 Å². The first-order valence-electron chi connectivity index (χ1n) is 7.02. The molecule has 106 valence electrons. The molecule has 3 rings (SSSR count). The van der Waals surface area contributed by atoms with Crippen LogP contribution in [0.2, 0.25) is 0 Å².